The SMILES string of the molecule is CC(C)(C)NS(=O)(=O)CCCc1nccc(N=C(N)CC(=N)C2CC2)n1. The number of nitrogens with two attached hydrogens (primary N) is 1. The van der Waals surface area contributed by atoms with Crippen molar-refractivity contribution in [2.45, 2.75) is 58.4 Å². The van der Waals surface area contributed by atoms with E-state index in [-0.39, 0.29) is 5.75 Å². The van der Waals surface area contributed by atoms with Gasteiger partial charge in [-0.05, 0) is 46.0 Å². The van der Waals surface area contributed by atoms with Crippen LogP contribution in [0, 0.1) is 11.3 Å². The molecule has 8 nitrogen and oxygen atoms in total. The van der Waals surface area contributed by atoms with Gasteiger partial charge in [0.25, 0.3) is 0 Å². The third kappa shape index (κ3) is 7.57. The van der Waals surface area contributed by atoms with E-state index >= 15 is 0 Å². The van der Waals surface area contributed by atoms with Crippen LogP contribution < -0.4 is 10.5 Å². The van der Waals surface area contributed by atoms with Crippen LogP contribution in [0.3, 0.4) is 0 Å². The lowest BCUT2D eigenvalue weighted by molar-refractivity contribution is 0.490. The number of aliphatic imine (C=N–C) groups is 1. The van der Waals surface area contributed by atoms with E-state index in [1.807, 2.05) is 20.8 Å². The molecule has 1 fully saturated rings. The molecule has 4 N–H and O–H groups in total. The Morgan fingerprint density at radius 3 is 2.73 bits per heavy atom. The van der Waals surface area contributed by atoms with Crippen LogP contribution in [0.15, 0.2) is 17.3 Å². The molecule has 144 valence electrons. The highest BCUT2D eigenvalue weighted by molar-refractivity contribution is 7.89. The van der Waals surface area contributed by atoms with Gasteiger partial charge in [-0.25, -0.2) is 28.1 Å². The Kier molecular flexibility index (Phi) is 6.46. The van der Waals surface area contributed by atoms with Gasteiger partial charge in [-0.2, -0.15) is 0 Å². The monoisotopic (exact) mass is 380 g/mol. The fraction of sp³-hybridized carbons (Fsp3) is 0.647. The molecule has 0 aromatic carbocycles. The van der Waals surface area contributed by atoms with E-state index in [1.54, 1.807) is 12.3 Å². The second kappa shape index (κ2) is 8.22. The van der Waals surface area contributed by atoms with Crippen LogP contribution in [0.4, 0.5) is 5.82 Å². The van der Waals surface area contributed by atoms with Gasteiger partial charge >= 0.3 is 0 Å². The fourth-order valence-electron chi connectivity index (χ4n) is 2.47. The first-order valence-corrected chi connectivity index (χ1v) is 10.4. The Morgan fingerprint density at radius 1 is 1.42 bits per heavy atom. The van der Waals surface area contributed by atoms with Crippen LogP contribution in [-0.2, 0) is 16.4 Å². The van der Waals surface area contributed by atoms with Gasteiger partial charge in [-0.15, -0.1) is 0 Å². The lowest BCUT2D eigenvalue weighted by Gasteiger charge is -2.20. The van der Waals surface area contributed by atoms with Crippen molar-refractivity contribution in [3.05, 3.63) is 18.1 Å². The zero-order chi connectivity index (χ0) is 19.4. The number of nitrogens with one attached hydrogen (secondary N) is 2. The normalized spacial score (nSPS) is 15.9. The Hall–Kier alpha value is -1.87. The van der Waals surface area contributed by atoms with Crippen molar-refractivity contribution >= 4 is 27.4 Å². The van der Waals surface area contributed by atoms with Crippen molar-refractivity contribution in [2.75, 3.05) is 5.75 Å². The first-order valence-electron chi connectivity index (χ1n) is 8.78. The maximum absolute atomic E-state index is 12.0. The van der Waals surface area contributed by atoms with Gasteiger partial charge < -0.3 is 11.1 Å². The van der Waals surface area contributed by atoms with E-state index in [0.717, 1.165) is 12.8 Å². The summed E-state index contributed by atoms with van der Waals surface area (Å²) in [7, 11) is -3.33. The lowest BCUT2D eigenvalue weighted by Crippen LogP contribution is -2.41. The summed E-state index contributed by atoms with van der Waals surface area (Å²) in [5.74, 6) is 1.72. The number of nitrogens with zero attached hydrogens (tertiary/aromatic N) is 3. The summed E-state index contributed by atoms with van der Waals surface area (Å²) < 4.78 is 26.6. The quantitative estimate of drug-likeness (QED) is 0.444. The summed E-state index contributed by atoms with van der Waals surface area (Å²) in [6.45, 7) is 5.42. The van der Waals surface area contributed by atoms with Crippen molar-refractivity contribution in [3.8, 4) is 0 Å². The van der Waals surface area contributed by atoms with Crippen LogP contribution in [0.1, 0.15) is 52.3 Å². The number of aryl methyl sites for hydroxylation is 1. The van der Waals surface area contributed by atoms with Crippen molar-refractivity contribution in [1.82, 2.24) is 14.7 Å². The molecular formula is C17H28N6O2S. The molecule has 9 heteroatoms. The second-order valence-electron chi connectivity index (χ2n) is 7.68. The van der Waals surface area contributed by atoms with Gasteiger partial charge in [0, 0.05) is 36.4 Å². The van der Waals surface area contributed by atoms with E-state index in [2.05, 4.69) is 19.7 Å². The predicted molar refractivity (Wildman–Crippen MR) is 103 cm³/mol. The molecule has 1 aliphatic rings. The molecule has 26 heavy (non-hydrogen) atoms. The summed E-state index contributed by atoms with van der Waals surface area (Å²) in [6.07, 6.45) is 4.93. The number of hydrogen-bond donors (Lipinski definition) is 3. The van der Waals surface area contributed by atoms with E-state index in [4.69, 9.17) is 11.1 Å². The third-order valence-electron chi connectivity index (χ3n) is 3.67. The average molecular weight is 381 g/mol. The van der Waals surface area contributed by atoms with Crippen LogP contribution in [-0.4, -0.2) is 41.2 Å². The largest absolute Gasteiger partial charge is 0.387 e. The minimum absolute atomic E-state index is 0.0157. The molecule has 0 spiro atoms. The van der Waals surface area contributed by atoms with Gasteiger partial charge in [0.05, 0.1) is 5.75 Å². The van der Waals surface area contributed by atoms with E-state index < -0.39 is 15.6 Å². The Morgan fingerprint density at radius 2 is 2.12 bits per heavy atom. The summed E-state index contributed by atoms with van der Waals surface area (Å²) in [4.78, 5) is 12.7. The molecule has 1 aromatic rings. The van der Waals surface area contributed by atoms with Crippen LogP contribution >= 0.6 is 0 Å². The zero-order valence-corrected chi connectivity index (χ0v) is 16.4. The number of rotatable bonds is 9. The molecule has 0 bridgehead atoms. The minimum Gasteiger partial charge on any atom is -0.387 e. The van der Waals surface area contributed by atoms with Gasteiger partial charge in [0.15, 0.2) is 5.82 Å². The number of sulfonamides is 1. The molecule has 0 saturated heterocycles. The summed E-state index contributed by atoms with van der Waals surface area (Å²) in [5.41, 5.74) is 6.03. The summed E-state index contributed by atoms with van der Waals surface area (Å²) in [6, 6.07) is 1.65. The van der Waals surface area contributed by atoms with Crippen LogP contribution in [0.25, 0.3) is 0 Å². The first-order chi connectivity index (χ1) is 12.0. The van der Waals surface area contributed by atoms with Gasteiger partial charge in [0.1, 0.15) is 11.7 Å². The minimum atomic E-state index is -3.33. The molecule has 0 amide bonds. The van der Waals surface area contributed by atoms with Crippen LogP contribution in [0.2, 0.25) is 0 Å². The molecule has 0 radical (unpaired) electrons. The molecule has 1 heterocycles. The number of amidine groups is 1. The number of aromatic nitrogens is 2. The molecule has 1 aromatic heterocycles. The molecule has 1 aliphatic carbocycles. The van der Waals surface area contributed by atoms with Crippen molar-refractivity contribution in [3.63, 3.8) is 0 Å². The van der Waals surface area contributed by atoms with Gasteiger partial charge in [-0.3, -0.25) is 0 Å². The third-order valence-corrected chi connectivity index (χ3v) is 5.42. The van der Waals surface area contributed by atoms with Crippen molar-refractivity contribution in [1.29, 1.82) is 5.41 Å². The van der Waals surface area contributed by atoms with E-state index in [1.165, 1.54) is 0 Å². The summed E-state index contributed by atoms with van der Waals surface area (Å²) in [5, 5.41) is 7.90. The Labute approximate surface area is 155 Å². The smallest absolute Gasteiger partial charge is 0.212 e. The maximum atomic E-state index is 12.0. The molecule has 1 saturated carbocycles. The highest BCUT2D eigenvalue weighted by atomic mass is 32.2. The Bertz CT molecular complexity index is 779. The van der Waals surface area contributed by atoms with E-state index in [0.29, 0.717) is 48.4 Å². The fourth-order valence-corrected chi connectivity index (χ4v) is 4.03. The highest BCUT2D eigenvalue weighted by Gasteiger charge is 2.26. The zero-order valence-electron chi connectivity index (χ0n) is 15.6. The standard InChI is InChI=1S/C17H28N6O2S/c1-17(2,3)23-26(24,25)10-4-5-15-20-9-8-16(22-15)21-14(19)11-13(18)12-6-7-12/h8-9,12,18,23H,4-7,10-11H2,1-3H3,(H2,19,20,21,22). The molecule has 0 aliphatic heterocycles. The predicted octanol–water partition coefficient (Wildman–Crippen LogP) is 1.94. The average Bonchev–Trinajstić information content (AvgIpc) is 3.29. The Balaban J connectivity index is 1.89. The molecule has 0 unspecified atom stereocenters. The molecule has 0 atom stereocenters. The van der Waals surface area contributed by atoms with Gasteiger partial charge in [0.2, 0.25) is 10.0 Å². The van der Waals surface area contributed by atoms with Crippen LogP contribution in [0.5, 0.6) is 0 Å². The van der Waals surface area contributed by atoms with Crippen molar-refractivity contribution < 1.29 is 8.42 Å². The highest BCUT2D eigenvalue weighted by Crippen LogP contribution is 2.31. The maximum Gasteiger partial charge on any atom is 0.212 e. The van der Waals surface area contributed by atoms with Crippen molar-refractivity contribution in [2.24, 2.45) is 16.6 Å². The number of hydrogen-bond acceptors (Lipinski definition) is 6. The summed E-state index contributed by atoms with van der Waals surface area (Å²) >= 11 is 0. The lowest BCUT2D eigenvalue weighted by atomic mass is 10.1. The molecular weight excluding hydrogens is 352 g/mol. The molecule has 2 rings (SSSR count). The topological polar surface area (TPSA) is 134 Å². The first kappa shape index (κ1) is 20.4. The second-order valence-corrected chi connectivity index (χ2v) is 9.53. The van der Waals surface area contributed by atoms with E-state index in [9.17, 15) is 8.42 Å². The van der Waals surface area contributed by atoms with Gasteiger partial charge in [-0.1, -0.05) is 0 Å².